The van der Waals surface area contributed by atoms with Crippen LogP contribution in [-0.2, 0) is 10.3 Å². The molecule has 35 heavy (non-hydrogen) atoms. The summed E-state index contributed by atoms with van der Waals surface area (Å²) in [5.41, 5.74) is 4.72. The van der Waals surface area contributed by atoms with Gasteiger partial charge in [-0.15, -0.1) is 0 Å². The minimum atomic E-state index is -0.891. The Bertz CT molecular complexity index is 1480. The first-order chi connectivity index (χ1) is 16.7. The van der Waals surface area contributed by atoms with E-state index in [1.165, 1.54) is 0 Å². The second-order valence-corrected chi connectivity index (χ2v) is 9.93. The van der Waals surface area contributed by atoms with Gasteiger partial charge in [-0.2, -0.15) is 5.10 Å². The number of aromatic nitrogens is 2. The van der Waals surface area contributed by atoms with Crippen molar-refractivity contribution in [1.29, 1.82) is 0 Å². The molecule has 0 saturated carbocycles. The van der Waals surface area contributed by atoms with Crippen molar-refractivity contribution in [3.05, 3.63) is 80.9 Å². The van der Waals surface area contributed by atoms with Crippen LogP contribution in [0.5, 0.6) is 5.75 Å². The molecule has 4 aromatic rings. The van der Waals surface area contributed by atoms with Crippen molar-refractivity contribution in [3.8, 4) is 39.3 Å². The number of esters is 1. The molecule has 8 heteroatoms. The Kier molecular flexibility index (Phi) is 6.04. The lowest BCUT2D eigenvalue weighted by atomic mass is 9.84. The van der Waals surface area contributed by atoms with E-state index < -0.39 is 11.6 Å². The zero-order valence-corrected chi connectivity index (χ0v) is 21.5. The molecule has 1 N–H and O–H groups in total. The Hall–Kier alpha value is -2.99. The third-order valence-corrected chi connectivity index (χ3v) is 6.74. The number of rotatable bonds is 4. The molecule has 0 radical (unpaired) electrons. The van der Waals surface area contributed by atoms with E-state index in [1.807, 2.05) is 56.3 Å². The Balaban J connectivity index is 1.83. The van der Waals surface area contributed by atoms with E-state index in [2.05, 4.69) is 10.2 Å². The Morgan fingerprint density at radius 3 is 2.43 bits per heavy atom. The standard InChI is InChI=1S/C27H21Cl3N2O3/c1-4-34-26(33)24-22-23(31-32-24)19-11-10-17(14-6-5-7-15(28)12-14)21(25(19)35-27(22,2)3)18-9-8-16(29)13-20(18)30/h5-13H,4H2,1-3H3,(H,31,32). The molecule has 0 fully saturated rings. The van der Waals surface area contributed by atoms with Gasteiger partial charge in [0, 0.05) is 26.7 Å². The summed E-state index contributed by atoms with van der Waals surface area (Å²) < 4.78 is 11.9. The molecule has 0 atom stereocenters. The number of hydrogen-bond donors (Lipinski definition) is 1. The van der Waals surface area contributed by atoms with Gasteiger partial charge in [-0.1, -0.05) is 59.1 Å². The quantitative estimate of drug-likeness (QED) is 0.272. The summed E-state index contributed by atoms with van der Waals surface area (Å²) in [6.45, 7) is 5.81. The lowest BCUT2D eigenvalue weighted by Gasteiger charge is -2.35. The molecule has 178 valence electrons. The van der Waals surface area contributed by atoms with E-state index in [-0.39, 0.29) is 12.3 Å². The van der Waals surface area contributed by atoms with Gasteiger partial charge in [0.25, 0.3) is 0 Å². The second kappa shape index (κ2) is 8.90. The lowest BCUT2D eigenvalue weighted by molar-refractivity contribution is 0.0500. The Morgan fingerprint density at radius 2 is 1.71 bits per heavy atom. The number of nitrogens with one attached hydrogen (secondary N) is 1. The van der Waals surface area contributed by atoms with Crippen molar-refractivity contribution in [2.45, 2.75) is 26.4 Å². The number of benzene rings is 3. The van der Waals surface area contributed by atoms with E-state index in [4.69, 9.17) is 44.3 Å². The van der Waals surface area contributed by atoms with Crippen molar-refractivity contribution in [2.24, 2.45) is 0 Å². The lowest BCUT2D eigenvalue weighted by Crippen LogP contribution is -2.31. The number of carbonyl (C=O) groups is 1. The largest absolute Gasteiger partial charge is 0.482 e. The Morgan fingerprint density at radius 1 is 1.00 bits per heavy atom. The zero-order chi connectivity index (χ0) is 24.9. The molecule has 0 saturated heterocycles. The number of aromatic amines is 1. The van der Waals surface area contributed by atoms with Gasteiger partial charge < -0.3 is 9.47 Å². The fraction of sp³-hybridized carbons (Fsp3) is 0.185. The molecular weight excluding hydrogens is 507 g/mol. The van der Waals surface area contributed by atoms with Crippen LogP contribution >= 0.6 is 34.8 Å². The topological polar surface area (TPSA) is 64.2 Å². The molecular formula is C27H21Cl3N2O3. The highest BCUT2D eigenvalue weighted by molar-refractivity contribution is 6.36. The van der Waals surface area contributed by atoms with Gasteiger partial charge in [0.2, 0.25) is 0 Å². The van der Waals surface area contributed by atoms with Crippen molar-refractivity contribution < 1.29 is 14.3 Å². The first-order valence-electron chi connectivity index (χ1n) is 11.0. The highest BCUT2D eigenvalue weighted by Crippen LogP contribution is 2.53. The van der Waals surface area contributed by atoms with E-state index in [9.17, 15) is 4.79 Å². The van der Waals surface area contributed by atoms with Crippen LogP contribution in [0.1, 0.15) is 36.8 Å². The molecule has 0 amide bonds. The van der Waals surface area contributed by atoms with Gasteiger partial charge in [0.15, 0.2) is 5.69 Å². The third-order valence-electron chi connectivity index (χ3n) is 5.95. The third kappa shape index (κ3) is 4.08. The fourth-order valence-corrected chi connectivity index (χ4v) is 5.20. The van der Waals surface area contributed by atoms with E-state index in [0.717, 1.165) is 27.8 Å². The minimum absolute atomic E-state index is 0.257. The number of ether oxygens (including phenoxy) is 2. The number of H-pyrrole nitrogens is 1. The van der Waals surface area contributed by atoms with E-state index in [0.29, 0.717) is 32.1 Å². The predicted molar refractivity (Wildman–Crippen MR) is 140 cm³/mol. The molecule has 0 spiro atoms. The summed E-state index contributed by atoms with van der Waals surface area (Å²) in [6, 6.07) is 16.9. The van der Waals surface area contributed by atoms with Crippen molar-refractivity contribution in [2.75, 3.05) is 6.61 Å². The van der Waals surface area contributed by atoms with Gasteiger partial charge >= 0.3 is 5.97 Å². The van der Waals surface area contributed by atoms with Crippen LogP contribution in [0, 0.1) is 0 Å². The summed E-state index contributed by atoms with van der Waals surface area (Å²) in [5, 5.41) is 8.99. The molecule has 1 aliphatic heterocycles. The van der Waals surface area contributed by atoms with Gasteiger partial charge in [-0.05, 0) is 62.2 Å². The minimum Gasteiger partial charge on any atom is -0.482 e. The maximum absolute atomic E-state index is 12.6. The normalized spacial score (nSPS) is 13.5. The maximum atomic E-state index is 12.6. The summed E-state index contributed by atoms with van der Waals surface area (Å²) in [5.74, 6) is 0.129. The summed E-state index contributed by atoms with van der Waals surface area (Å²) >= 11 is 19.2. The first kappa shape index (κ1) is 23.7. The smallest absolute Gasteiger partial charge is 0.356 e. The highest BCUT2D eigenvalue weighted by atomic mass is 35.5. The molecule has 0 aliphatic carbocycles. The molecule has 0 unspecified atom stereocenters. The molecule has 2 heterocycles. The zero-order valence-electron chi connectivity index (χ0n) is 19.2. The molecule has 0 bridgehead atoms. The van der Waals surface area contributed by atoms with Gasteiger partial charge in [-0.3, -0.25) is 5.10 Å². The average Bonchev–Trinajstić information content (AvgIpc) is 3.26. The van der Waals surface area contributed by atoms with Gasteiger partial charge in [-0.25, -0.2) is 4.79 Å². The molecule has 3 aromatic carbocycles. The molecule has 1 aromatic heterocycles. The summed E-state index contributed by atoms with van der Waals surface area (Å²) in [7, 11) is 0. The monoisotopic (exact) mass is 526 g/mol. The van der Waals surface area contributed by atoms with Crippen LogP contribution in [-0.4, -0.2) is 22.8 Å². The summed E-state index contributed by atoms with van der Waals surface area (Å²) in [6.07, 6.45) is 0. The van der Waals surface area contributed by atoms with Crippen molar-refractivity contribution >= 4 is 40.8 Å². The van der Waals surface area contributed by atoms with Crippen LogP contribution in [0.2, 0.25) is 15.1 Å². The molecule has 5 nitrogen and oxygen atoms in total. The van der Waals surface area contributed by atoms with E-state index >= 15 is 0 Å². The van der Waals surface area contributed by atoms with Crippen LogP contribution in [0.15, 0.2) is 54.6 Å². The van der Waals surface area contributed by atoms with Crippen LogP contribution in [0.4, 0.5) is 0 Å². The first-order valence-corrected chi connectivity index (χ1v) is 12.2. The van der Waals surface area contributed by atoms with Gasteiger partial charge in [0.1, 0.15) is 17.0 Å². The number of fused-ring (bicyclic) bond motifs is 3. The van der Waals surface area contributed by atoms with Crippen molar-refractivity contribution in [3.63, 3.8) is 0 Å². The SMILES string of the molecule is CCOC(=O)c1[nH]nc2c1C(C)(C)Oc1c-2ccc(-c2cccc(Cl)c2)c1-c1ccc(Cl)cc1Cl. The highest BCUT2D eigenvalue weighted by Gasteiger charge is 2.41. The predicted octanol–water partition coefficient (Wildman–Crippen LogP) is 8.18. The van der Waals surface area contributed by atoms with Crippen molar-refractivity contribution in [1.82, 2.24) is 10.2 Å². The molecule has 1 aliphatic rings. The van der Waals surface area contributed by atoms with E-state index in [1.54, 1.807) is 19.1 Å². The number of carbonyl (C=O) groups excluding carboxylic acids is 1. The van der Waals surface area contributed by atoms with Crippen LogP contribution in [0.25, 0.3) is 33.5 Å². The Labute approximate surface area is 217 Å². The fourth-order valence-electron chi connectivity index (χ4n) is 4.51. The number of hydrogen-bond acceptors (Lipinski definition) is 4. The second-order valence-electron chi connectivity index (χ2n) is 8.65. The summed E-state index contributed by atoms with van der Waals surface area (Å²) in [4.78, 5) is 12.6. The maximum Gasteiger partial charge on any atom is 0.356 e. The van der Waals surface area contributed by atoms with Crippen LogP contribution < -0.4 is 4.74 Å². The van der Waals surface area contributed by atoms with Crippen LogP contribution in [0.3, 0.4) is 0 Å². The number of nitrogens with zero attached hydrogens (tertiary/aromatic N) is 1. The van der Waals surface area contributed by atoms with Gasteiger partial charge in [0.05, 0.1) is 17.2 Å². The number of halogens is 3. The molecule has 5 rings (SSSR count). The average molecular weight is 528 g/mol.